The summed E-state index contributed by atoms with van der Waals surface area (Å²) in [6, 6.07) is 13.2. The van der Waals surface area contributed by atoms with Crippen LogP contribution in [0.2, 0.25) is 0 Å². The zero-order valence-electron chi connectivity index (χ0n) is 17.2. The molecule has 0 spiro atoms. The number of benzene rings is 2. The number of carboxylic acid groups (broad SMARTS) is 1. The molecule has 0 aromatic heterocycles. The van der Waals surface area contributed by atoms with Crippen molar-refractivity contribution in [3.63, 3.8) is 0 Å². The first kappa shape index (κ1) is 23.3. The molecule has 1 saturated heterocycles. The predicted octanol–water partition coefficient (Wildman–Crippen LogP) is 3.48. The summed E-state index contributed by atoms with van der Waals surface area (Å²) < 4.78 is 10.8. The first-order chi connectivity index (χ1) is 15.3. The highest BCUT2D eigenvalue weighted by Crippen LogP contribution is 2.32. The van der Waals surface area contributed by atoms with E-state index >= 15 is 0 Å². The van der Waals surface area contributed by atoms with Crippen LogP contribution in [0.3, 0.4) is 0 Å². The molecule has 2 amide bonds. The number of carbonyl (C=O) groups is 3. The summed E-state index contributed by atoms with van der Waals surface area (Å²) in [4.78, 5) is 36.9. The Morgan fingerprint density at radius 1 is 1.22 bits per heavy atom. The van der Waals surface area contributed by atoms with Gasteiger partial charge in [-0.25, -0.2) is 4.79 Å². The third kappa shape index (κ3) is 5.45. The van der Waals surface area contributed by atoms with E-state index in [-0.39, 0.29) is 4.32 Å². The molecule has 1 unspecified atom stereocenters. The van der Waals surface area contributed by atoms with Crippen LogP contribution in [0.1, 0.15) is 29.3 Å². The highest BCUT2D eigenvalue weighted by atomic mass is 32.2. The van der Waals surface area contributed by atoms with Crippen LogP contribution in [0.15, 0.2) is 53.4 Å². The molecular weight excluding hydrogens is 452 g/mol. The van der Waals surface area contributed by atoms with E-state index in [1.165, 1.54) is 7.11 Å². The van der Waals surface area contributed by atoms with Gasteiger partial charge in [0.15, 0.2) is 10.4 Å². The smallest absolute Gasteiger partial charge is 0.344 e. The third-order valence-electron chi connectivity index (χ3n) is 4.42. The molecule has 2 aromatic carbocycles. The van der Waals surface area contributed by atoms with Gasteiger partial charge in [0, 0.05) is 5.56 Å². The molecule has 0 radical (unpaired) electrons. The van der Waals surface area contributed by atoms with Gasteiger partial charge in [0.2, 0.25) is 0 Å². The summed E-state index contributed by atoms with van der Waals surface area (Å²) in [7, 11) is 1.49. The summed E-state index contributed by atoms with van der Waals surface area (Å²) in [5.41, 5.74) is 3.46. The molecule has 1 heterocycles. The monoisotopic (exact) mass is 472 g/mol. The largest absolute Gasteiger partial charge is 0.497 e. The van der Waals surface area contributed by atoms with Gasteiger partial charge < -0.3 is 14.6 Å². The fraction of sp³-hybridized carbons (Fsp3) is 0.182. The highest BCUT2D eigenvalue weighted by molar-refractivity contribution is 8.26. The van der Waals surface area contributed by atoms with Crippen LogP contribution in [0, 0.1) is 0 Å². The minimum atomic E-state index is -1.05. The standard InChI is InChI=1S/C22H20N2O6S2/c1-3-17(21(27)28)30-16-9-4-6-13(10-16)11-18-20(26)24(22(31)32-18)23-19(25)14-7-5-8-15(12-14)29-2/h4-12,17H,3H2,1-2H3,(H,23,25)(H,27,28)/b18-11+. The van der Waals surface area contributed by atoms with E-state index in [2.05, 4.69) is 5.43 Å². The van der Waals surface area contributed by atoms with Crippen LogP contribution in [0.25, 0.3) is 6.08 Å². The molecule has 1 atom stereocenters. The summed E-state index contributed by atoms with van der Waals surface area (Å²) in [6.45, 7) is 1.72. The average molecular weight is 473 g/mol. The molecule has 3 rings (SSSR count). The van der Waals surface area contributed by atoms with Crippen molar-refractivity contribution in [1.82, 2.24) is 10.4 Å². The summed E-state index contributed by atoms with van der Waals surface area (Å²) in [5.74, 6) is -1.14. The van der Waals surface area contributed by atoms with E-state index < -0.39 is 23.9 Å². The van der Waals surface area contributed by atoms with Crippen LogP contribution in [-0.2, 0) is 9.59 Å². The average Bonchev–Trinajstić information content (AvgIpc) is 3.04. The molecule has 0 saturated carbocycles. The second-order valence-corrected chi connectivity index (χ2v) is 8.29. The lowest BCUT2D eigenvalue weighted by Crippen LogP contribution is -2.44. The van der Waals surface area contributed by atoms with Crippen LogP contribution in [0.4, 0.5) is 0 Å². The quantitative estimate of drug-likeness (QED) is 0.444. The van der Waals surface area contributed by atoms with E-state index in [1.54, 1.807) is 61.5 Å². The number of rotatable bonds is 8. The number of methoxy groups -OCH3 is 1. The minimum absolute atomic E-state index is 0.182. The zero-order chi connectivity index (χ0) is 23.3. The number of carboxylic acids is 1. The van der Waals surface area contributed by atoms with Crippen molar-refractivity contribution >= 4 is 52.2 Å². The maximum absolute atomic E-state index is 12.8. The Hall–Kier alpha value is -3.37. The second kappa shape index (κ2) is 10.3. The summed E-state index contributed by atoms with van der Waals surface area (Å²) >= 11 is 6.30. The van der Waals surface area contributed by atoms with Gasteiger partial charge in [-0.1, -0.05) is 36.9 Å². The number of aliphatic carboxylic acids is 1. The number of nitrogens with one attached hydrogen (secondary N) is 1. The van der Waals surface area contributed by atoms with Gasteiger partial charge in [-0.15, -0.1) is 0 Å². The maximum Gasteiger partial charge on any atom is 0.344 e. The lowest BCUT2D eigenvalue weighted by atomic mass is 10.2. The summed E-state index contributed by atoms with van der Waals surface area (Å²) in [5, 5.41) is 10.2. The molecule has 32 heavy (non-hydrogen) atoms. The molecule has 1 aliphatic heterocycles. The summed E-state index contributed by atoms with van der Waals surface area (Å²) in [6.07, 6.45) is 0.951. The third-order valence-corrected chi connectivity index (χ3v) is 5.72. The SMILES string of the molecule is CCC(Oc1cccc(/C=C2/SC(=S)N(NC(=O)c3cccc(OC)c3)C2=O)c1)C(=O)O. The van der Waals surface area contributed by atoms with Crippen molar-refractivity contribution in [3.05, 3.63) is 64.6 Å². The number of thiocarbonyl (C=S) groups is 1. The van der Waals surface area contributed by atoms with Crippen molar-refractivity contribution in [2.45, 2.75) is 19.4 Å². The predicted molar refractivity (Wildman–Crippen MR) is 124 cm³/mol. The molecule has 10 heteroatoms. The van der Waals surface area contributed by atoms with Gasteiger partial charge in [0.05, 0.1) is 12.0 Å². The van der Waals surface area contributed by atoms with Gasteiger partial charge in [0.1, 0.15) is 11.5 Å². The number of thioether (sulfide) groups is 1. The number of amides is 2. The van der Waals surface area contributed by atoms with Crippen LogP contribution in [-0.4, -0.2) is 45.4 Å². The van der Waals surface area contributed by atoms with E-state index in [4.69, 9.17) is 26.8 Å². The zero-order valence-corrected chi connectivity index (χ0v) is 18.9. The van der Waals surface area contributed by atoms with Gasteiger partial charge in [-0.3, -0.25) is 15.0 Å². The number of carbonyl (C=O) groups excluding carboxylic acids is 2. The molecule has 1 aliphatic rings. The number of hydrazine groups is 1. The molecule has 8 nitrogen and oxygen atoms in total. The van der Waals surface area contributed by atoms with Gasteiger partial charge in [-0.05, 0) is 60.6 Å². The number of hydrogen-bond donors (Lipinski definition) is 2. The molecular formula is C22H20N2O6S2. The second-order valence-electron chi connectivity index (χ2n) is 6.62. The molecule has 166 valence electrons. The van der Waals surface area contributed by atoms with Gasteiger partial charge in [-0.2, -0.15) is 5.01 Å². The number of ether oxygens (including phenoxy) is 2. The van der Waals surface area contributed by atoms with Crippen molar-refractivity contribution in [2.75, 3.05) is 7.11 Å². The maximum atomic E-state index is 12.8. The van der Waals surface area contributed by atoms with E-state index in [9.17, 15) is 14.4 Å². The van der Waals surface area contributed by atoms with Crippen LogP contribution in [0.5, 0.6) is 11.5 Å². The normalized spacial score (nSPS) is 15.6. The fourth-order valence-electron chi connectivity index (χ4n) is 2.80. The Bertz CT molecular complexity index is 1100. The van der Waals surface area contributed by atoms with E-state index in [1.807, 2.05) is 0 Å². The Balaban J connectivity index is 1.74. The highest BCUT2D eigenvalue weighted by Gasteiger charge is 2.33. The van der Waals surface area contributed by atoms with Crippen molar-refractivity contribution in [2.24, 2.45) is 0 Å². The fourth-order valence-corrected chi connectivity index (χ4v) is 3.98. The van der Waals surface area contributed by atoms with E-state index in [0.717, 1.165) is 16.8 Å². The van der Waals surface area contributed by atoms with Crippen LogP contribution < -0.4 is 14.9 Å². The van der Waals surface area contributed by atoms with Crippen LogP contribution >= 0.6 is 24.0 Å². The molecule has 0 aliphatic carbocycles. The molecule has 2 N–H and O–H groups in total. The lowest BCUT2D eigenvalue weighted by Gasteiger charge is -2.16. The Morgan fingerprint density at radius 3 is 2.62 bits per heavy atom. The number of hydrogen-bond acceptors (Lipinski definition) is 7. The van der Waals surface area contributed by atoms with Crippen molar-refractivity contribution < 1.29 is 29.0 Å². The topological polar surface area (TPSA) is 105 Å². The lowest BCUT2D eigenvalue weighted by molar-refractivity contribution is -0.145. The Labute approximate surface area is 194 Å². The van der Waals surface area contributed by atoms with Crippen molar-refractivity contribution in [3.8, 4) is 11.5 Å². The first-order valence-corrected chi connectivity index (χ1v) is 10.8. The Kier molecular flexibility index (Phi) is 7.49. The van der Waals surface area contributed by atoms with Gasteiger partial charge in [0.25, 0.3) is 11.8 Å². The van der Waals surface area contributed by atoms with Crippen molar-refractivity contribution in [1.29, 1.82) is 0 Å². The Morgan fingerprint density at radius 2 is 1.94 bits per heavy atom. The minimum Gasteiger partial charge on any atom is -0.497 e. The molecule has 1 fully saturated rings. The molecule has 0 bridgehead atoms. The first-order valence-electron chi connectivity index (χ1n) is 9.55. The number of nitrogens with zero attached hydrogens (tertiary/aromatic N) is 1. The van der Waals surface area contributed by atoms with Gasteiger partial charge >= 0.3 is 5.97 Å². The van der Waals surface area contributed by atoms with E-state index in [0.29, 0.717) is 34.0 Å². The molecule has 2 aromatic rings.